The molecule has 2 aliphatic rings. The molecule has 1 heterocycles. The summed E-state index contributed by atoms with van der Waals surface area (Å²) in [6.07, 6.45) is 6.00. The highest BCUT2D eigenvalue weighted by Gasteiger charge is 2.40. The first kappa shape index (κ1) is 11.1. The molecule has 3 rings (SSSR count). The Balaban J connectivity index is 1.54. The third kappa shape index (κ3) is 2.34. The van der Waals surface area contributed by atoms with E-state index in [0.29, 0.717) is 17.5 Å². The Morgan fingerprint density at radius 2 is 2.29 bits per heavy atom. The van der Waals surface area contributed by atoms with Gasteiger partial charge in [-0.2, -0.15) is 0 Å². The zero-order valence-corrected chi connectivity index (χ0v) is 10.8. The number of anilines is 1. The Labute approximate surface area is 105 Å². The number of fused-ring (bicyclic) bond motifs is 2. The summed E-state index contributed by atoms with van der Waals surface area (Å²) in [4.78, 5) is 11.9. The molecule has 0 spiro atoms. The highest BCUT2D eigenvalue weighted by molar-refractivity contribution is 7.15. The van der Waals surface area contributed by atoms with Crippen molar-refractivity contribution in [3.63, 3.8) is 0 Å². The summed E-state index contributed by atoms with van der Waals surface area (Å²) < 4.78 is 0. The Hall–Kier alpha value is -0.970. The second-order valence-corrected chi connectivity index (χ2v) is 6.50. The van der Waals surface area contributed by atoms with Gasteiger partial charge in [-0.15, -0.1) is 10.2 Å². The lowest BCUT2D eigenvalue weighted by molar-refractivity contribution is -0.117. The van der Waals surface area contributed by atoms with Crippen LogP contribution in [0.3, 0.4) is 0 Å². The fourth-order valence-corrected chi connectivity index (χ4v) is 3.99. The Morgan fingerprint density at radius 3 is 2.88 bits per heavy atom. The summed E-state index contributed by atoms with van der Waals surface area (Å²) in [5, 5.41) is 12.2. The largest absolute Gasteiger partial charge is 0.301 e. The molecular formula is C12H17N3OS. The molecule has 1 amide bonds. The van der Waals surface area contributed by atoms with Crippen LogP contribution in [-0.4, -0.2) is 16.1 Å². The predicted octanol–water partition coefficient (Wildman–Crippen LogP) is 2.61. The molecular weight excluding hydrogens is 234 g/mol. The molecule has 1 aromatic heterocycles. The van der Waals surface area contributed by atoms with Crippen molar-refractivity contribution >= 4 is 22.4 Å². The van der Waals surface area contributed by atoms with Crippen molar-refractivity contribution in [1.29, 1.82) is 0 Å². The predicted molar refractivity (Wildman–Crippen MR) is 66.8 cm³/mol. The average Bonchev–Trinajstić information content (AvgIpc) is 2.95. The van der Waals surface area contributed by atoms with Crippen LogP contribution in [0, 0.1) is 24.7 Å². The molecule has 0 saturated heterocycles. The molecule has 4 nitrogen and oxygen atoms in total. The van der Waals surface area contributed by atoms with Crippen molar-refractivity contribution in [2.75, 3.05) is 5.32 Å². The number of hydrogen-bond acceptors (Lipinski definition) is 4. The summed E-state index contributed by atoms with van der Waals surface area (Å²) in [5.41, 5.74) is 0. The molecule has 0 unspecified atom stereocenters. The normalized spacial score (nSPS) is 30.8. The Kier molecular flexibility index (Phi) is 2.86. The summed E-state index contributed by atoms with van der Waals surface area (Å²) in [5.74, 6) is 2.44. The van der Waals surface area contributed by atoms with E-state index >= 15 is 0 Å². The van der Waals surface area contributed by atoms with E-state index in [1.807, 2.05) is 6.92 Å². The molecule has 3 atom stereocenters. The lowest BCUT2D eigenvalue weighted by Gasteiger charge is -2.20. The quantitative estimate of drug-likeness (QED) is 0.898. The van der Waals surface area contributed by atoms with Gasteiger partial charge in [-0.3, -0.25) is 4.79 Å². The summed E-state index contributed by atoms with van der Waals surface area (Å²) >= 11 is 1.44. The Morgan fingerprint density at radius 1 is 1.41 bits per heavy atom. The zero-order valence-electron chi connectivity index (χ0n) is 9.98. The maximum atomic E-state index is 11.9. The minimum Gasteiger partial charge on any atom is -0.301 e. The summed E-state index contributed by atoms with van der Waals surface area (Å²) in [6, 6.07) is 0. The molecule has 1 aromatic rings. The van der Waals surface area contributed by atoms with Crippen LogP contribution in [0.5, 0.6) is 0 Å². The molecule has 2 fully saturated rings. The topological polar surface area (TPSA) is 54.9 Å². The monoisotopic (exact) mass is 251 g/mol. The number of nitrogens with one attached hydrogen (secondary N) is 1. The third-order valence-electron chi connectivity index (χ3n) is 4.10. The van der Waals surface area contributed by atoms with Crippen molar-refractivity contribution in [1.82, 2.24) is 10.2 Å². The lowest BCUT2D eigenvalue weighted by atomic mass is 9.86. The van der Waals surface area contributed by atoms with Crippen LogP contribution in [0.2, 0.25) is 0 Å². The third-order valence-corrected chi connectivity index (χ3v) is 4.86. The minimum atomic E-state index is 0.110. The van der Waals surface area contributed by atoms with Crippen LogP contribution in [-0.2, 0) is 4.79 Å². The number of hydrogen-bond donors (Lipinski definition) is 1. The maximum Gasteiger partial charge on any atom is 0.226 e. The molecule has 2 bridgehead atoms. The fraction of sp³-hybridized carbons (Fsp3) is 0.750. The van der Waals surface area contributed by atoms with Gasteiger partial charge in [0.25, 0.3) is 0 Å². The van der Waals surface area contributed by atoms with E-state index in [2.05, 4.69) is 15.5 Å². The van der Waals surface area contributed by atoms with Crippen LogP contribution in [0.25, 0.3) is 0 Å². The van der Waals surface area contributed by atoms with Crippen molar-refractivity contribution in [3.05, 3.63) is 5.01 Å². The molecule has 5 heteroatoms. The molecule has 0 radical (unpaired) electrons. The zero-order chi connectivity index (χ0) is 11.8. The number of rotatable bonds is 3. The number of carbonyl (C=O) groups excluding carboxylic acids is 1. The van der Waals surface area contributed by atoms with E-state index in [1.165, 1.54) is 37.0 Å². The van der Waals surface area contributed by atoms with Crippen molar-refractivity contribution in [3.8, 4) is 0 Å². The molecule has 17 heavy (non-hydrogen) atoms. The molecule has 0 aromatic carbocycles. The molecule has 2 aliphatic carbocycles. The van der Waals surface area contributed by atoms with Crippen LogP contribution in [0.4, 0.5) is 5.13 Å². The van der Waals surface area contributed by atoms with Gasteiger partial charge in [0.05, 0.1) is 0 Å². The first-order valence-electron chi connectivity index (χ1n) is 6.30. The SMILES string of the molecule is Cc1nnc(NC(=O)C[C@H]2C[C@H]3CC[C@@H]2C3)s1. The highest BCUT2D eigenvalue weighted by Crippen LogP contribution is 2.49. The van der Waals surface area contributed by atoms with E-state index in [0.717, 1.165) is 16.8 Å². The fourth-order valence-electron chi connectivity index (χ4n) is 3.38. The number of carbonyl (C=O) groups is 1. The van der Waals surface area contributed by atoms with E-state index in [4.69, 9.17) is 0 Å². The van der Waals surface area contributed by atoms with Crippen LogP contribution in [0.1, 0.15) is 37.1 Å². The number of amides is 1. The molecule has 1 N–H and O–H groups in total. The van der Waals surface area contributed by atoms with Crippen molar-refractivity contribution in [2.45, 2.75) is 39.0 Å². The molecule has 92 valence electrons. The van der Waals surface area contributed by atoms with E-state index < -0.39 is 0 Å². The maximum absolute atomic E-state index is 11.9. The van der Waals surface area contributed by atoms with E-state index in [9.17, 15) is 4.79 Å². The van der Waals surface area contributed by atoms with E-state index in [1.54, 1.807) is 0 Å². The van der Waals surface area contributed by atoms with Crippen molar-refractivity contribution in [2.24, 2.45) is 17.8 Å². The number of nitrogens with zero attached hydrogens (tertiary/aromatic N) is 2. The van der Waals surface area contributed by atoms with Crippen LogP contribution >= 0.6 is 11.3 Å². The van der Waals surface area contributed by atoms with Gasteiger partial charge in [-0.1, -0.05) is 17.8 Å². The smallest absolute Gasteiger partial charge is 0.226 e. The first-order chi connectivity index (χ1) is 8.20. The minimum absolute atomic E-state index is 0.110. The van der Waals surface area contributed by atoms with Gasteiger partial charge in [0.15, 0.2) is 0 Å². The van der Waals surface area contributed by atoms with Gasteiger partial charge in [-0.05, 0) is 43.9 Å². The lowest BCUT2D eigenvalue weighted by Crippen LogP contribution is -2.20. The highest BCUT2D eigenvalue weighted by atomic mass is 32.1. The van der Waals surface area contributed by atoms with Gasteiger partial charge in [-0.25, -0.2) is 0 Å². The second kappa shape index (κ2) is 4.37. The summed E-state index contributed by atoms with van der Waals surface area (Å²) in [6.45, 7) is 1.89. The van der Waals surface area contributed by atoms with Crippen molar-refractivity contribution < 1.29 is 4.79 Å². The van der Waals surface area contributed by atoms with Gasteiger partial charge in [0, 0.05) is 6.42 Å². The molecule has 0 aliphatic heterocycles. The summed E-state index contributed by atoms with van der Waals surface area (Å²) in [7, 11) is 0. The van der Waals surface area contributed by atoms with E-state index in [-0.39, 0.29) is 5.91 Å². The van der Waals surface area contributed by atoms with Gasteiger partial charge < -0.3 is 5.32 Å². The molecule has 2 saturated carbocycles. The van der Waals surface area contributed by atoms with Crippen LogP contribution in [0.15, 0.2) is 0 Å². The van der Waals surface area contributed by atoms with Gasteiger partial charge in [0.2, 0.25) is 11.0 Å². The van der Waals surface area contributed by atoms with Gasteiger partial charge >= 0.3 is 0 Å². The number of aromatic nitrogens is 2. The standard InChI is InChI=1S/C12H17N3OS/c1-7-14-15-12(17-7)13-11(16)6-10-5-8-2-3-9(10)4-8/h8-10H,2-6H2,1H3,(H,13,15,16)/t8-,9+,10+/m0/s1. The Bertz CT molecular complexity index is 431. The average molecular weight is 251 g/mol. The number of aryl methyl sites for hydroxylation is 1. The first-order valence-corrected chi connectivity index (χ1v) is 7.12. The van der Waals surface area contributed by atoms with Gasteiger partial charge in [0.1, 0.15) is 5.01 Å². The van der Waals surface area contributed by atoms with Crippen LogP contribution < -0.4 is 5.32 Å². The second-order valence-electron chi connectivity index (χ2n) is 5.31.